The highest BCUT2D eigenvalue weighted by Gasteiger charge is 2.29. The van der Waals surface area contributed by atoms with E-state index in [9.17, 15) is 4.79 Å². The first-order valence-corrected chi connectivity index (χ1v) is 8.08. The third kappa shape index (κ3) is 5.36. The molecule has 0 saturated heterocycles. The summed E-state index contributed by atoms with van der Waals surface area (Å²) in [6.07, 6.45) is 1.81. The molecule has 0 radical (unpaired) electrons. The number of hydrogen-bond acceptors (Lipinski definition) is 2. The quantitative estimate of drug-likeness (QED) is 0.748. The molecule has 1 rings (SSSR count). The fourth-order valence-corrected chi connectivity index (χ4v) is 1.98. The van der Waals surface area contributed by atoms with Crippen LogP contribution in [0.25, 0.3) is 0 Å². The Morgan fingerprint density at radius 3 is 2.36 bits per heavy atom. The van der Waals surface area contributed by atoms with Crippen molar-refractivity contribution in [3.63, 3.8) is 0 Å². The van der Waals surface area contributed by atoms with Gasteiger partial charge < -0.3 is 9.64 Å². The van der Waals surface area contributed by atoms with Gasteiger partial charge in [0.25, 0.3) is 0 Å². The zero-order valence-electron chi connectivity index (χ0n) is 15.2. The van der Waals surface area contributed by atoms with Crippen LogP contribution in [0.5, 0.6) is 5.75 Å². The Morgan fingerprint density at radius 1 is 1.18 bits per heavy atom. The maximum absolute atomic E-state index is 12.5. The molecule has 0 aliphatic heterocycles. The molecule has 3 nitrogen and oxygen atoms in total. The van der Waals surface area contributed by atoms with Crippen molar-refractivity contribution in [2.75, 3.05) is 18.6 Å². The number of carbonyl (C=O) groups is 1. The third-order valence-corrected chi connectivity index (χ3v) is 4.09. The fraction of sp³-hybridized carbons (Fsp3) is 0.632. The number of carbonyl (C=O) groups excluding carboxylic acids is 1. The Kier molecular flexibility index (Phi) is 6.04. The molecule has 0 heterocycles. The number of benzene rings is 1. The summed E-state index contributed by atoms with van der Waals surface area (Å²) in [5.41, 5.74) is 0.785. The largest absolute Gasteiger partial charge is 0.493 e. The van der Waals surface area contributed by atoms with Crippen molar-refractivity contribution in [3.05, 3.63) is 24.3 Å². The number of ether oxygens (including phenoxy) is 1. The molecule has 0 bridgehead atoms. The van der Waals surface area contributed by atoms with Gasteiger partial charge in [0, 0.05) is 24.2 Å². The first-order valence-electron chi connectivity index (χ1n) is 8.08. The molecule has 0 aliphatic rings. The summed E-state index contributed by atoms with van der Waals surface area (Å²) in [5.74, 6) is 0.942. The van der Waals surface area contributed by atoms with E-state index in [4.69, 9.17) is 4.74 Å². The van der Waals surface area contributed by atoms with Crippen molar-refractivity contribution in [2.45, 2.75) is 54.4 Å². The van der Waals surface area contributed by atoms with E-state index < -0.39 is 0 Å². The predicted octanol–water partition coefficient (Wildman–Crippen LogP) is 4.90. The lowest BCUT2D eigenvalue weighted by Crippen LogP contribution is -2.38. The molecule has 0 atom stereocenters. The van der Waals surface area contributed by atoms with Crippen LogP contribution in [0.15, 0.2) is 24.3 Å². The van der Waals surface area contributed by atoms with E-state index in [1.54, 1.807) is 4.90 Å². The van der Waals surface area contributed by atoms with Crippen LogP contribution in [0.4, 0.5) is 5.69 Å². The molecular formula is C19H31NO2. The fourth-order valence-electron chi connectivity index (χ4n) is 1.98. The molecule has 1 aromatic rings. The minimum absolute atomic E-state index is 0.127. The zero-order chi connectivity index (χ0) is 17.0. The van der Waals surface area contributed by atoms with E-state index in [2.05, 4.69) is 20.8 Å². The van der Waals surface area contributed by atoms with Gasteiger partial charge in [0.05, 0.1) is 6.61 Å². The predicted molar refractivity (Wildman–Crippen MR) is 93.5 cm³/mol. The Balaban J connectivity index is 2.77. The van der Waals surface area contributed by atoms with Gasteiger partial charge in [-0.15, -0.1) is 0 Å². The normalized spacial score (nSPS) is 12.1. The summed E-state index contributed by atoms with van der Waals surface area (Å²) in [4.78, 5) is 14.3. The molecule has 124 valence electrons. The molecule has 0 N–H and O–H groups in total. The van der Waals surface area contributed by atoms with Crippen LogP contribution in [-0.2, 0) is 4.79 Å². The SMILES string of the molecule is CCC(C)(C)C(=O)N(C)c1cccc(OCCC(C)(C)C)c1. The van der Waals surface area contributed by atoms with Crippen LogP contribution in [0.3, 0.4) is 0 Å². The van der Waals surface area contributed by atoms with Gasteiger partial charge in [-0.1, -0.05) is 47.6 Å². The van der Waals surface area contributed by atoms with Gasteiger partial charge in [-0.2, -0.15) is 0 Å². The summed E-state index contributed by atoms with van der Waals surface area (Å²) in [5, 5.41) is 0. The molecule has 0 aliphatic carbocycles. The Hall–Kier alpha value is -1.51. The Bertz CT molecular complexity index is 500. The zero-order valence-corrected chi connectivity index (χ0v) is 15.2. The van der Waals surface area contributed by atoms with E-state index in [1.807, 2.05) is 52.1 Å². The summed E-state index contributed by atoms with van der Waals surface area (Å²) in [7, 11) is 1.83. The average molecular weight is 305 g/mol. The lowest BCUT2D eigenvalue weighted by Gasteiger charge is -2.28. The monoisotopic (exact) mass is 305 g/mol. The lowest BCUT2D eigenvalue weighted by atomic mass is 9.88. The number of anilines is 1. The van der Waals surface area contributed by atoms with Gasteiger partial charge >= 0.3 is 0 Å². The summed E-state index contributed by atoms with van der Waals surface area (Å²) >= 11 is 0. The molecule has 1 aromatic carbocycles. The number of rotatable bonds is 6. The van der Waals surface area contributed by atoms with Crippen molar-refractivity contribution in [1.82, 2.24) is 0 Å². The van der Waals surface area contributed by atoms with Crippen LogP contribution in [-0.4, -0.2) is 19.6 Å². The molecular weight excluding hydrogens is 274 g/mol. The molecule has 0 unspecified atom stereocenters. The smallest absolute Gasteiger partial charge is 0.232 e. The molecule has 0 saturated carbocycles. The van der Waals surface area contributed by atoms with Gasteiger partial charge in [-0.3, -0.25) is 4.79 Å². The summed E-state index contributed by atoms with van der Waals surface area (Å²) in [6, 6.07) is 7.76. The second-order valence-electron chi connectivity index (χ2n) is 7.76. The topological polar surface area (TPSA) is 29.5 Å². The maximum Gasteiger partial charge on any atom is 0.232 e. The molecule has 3 heteroatoms. The van der Waals surface area contributed by atoms with Gasteiger partial charge in [0.1, 0.15) is 5.75 Å². The summed E-state index contributed by atoms with van der Waals surface area (Å²) < 4.78 is 5.83. The van der Waals surface area contributed by atoms with Gasteiger partial charge in [-0.05, 0) is 30.4 Å². The van der Waals surface area contributed by atoms with Crippen LogP contribution in [0.1, 0.15) is 54.4 Å². The van der Waals surface area contributed by atoms with E-state index in [1.165, 1.54) is 0 Å². The minimum Gasteiger partial charge on any atom is -0.493 e. The highest BCUT2D eigenvalue weighted by Crippen LogP contribution is 2.28. The van der Waals surface area contributed by atoms with Crippen LogP contribution in [0.2, 0.25) is 0 Å². The Morgan fingerprint density at radius 2 is 1.82 bits per heavy atom. The second-order valence-corrected chi connectivity index (χ2v) is 7.76. The minimum atomic E-state index is -0.349. The lowest BCUT2D eigenvalue weighted by molar-refractivity contribution is -0.126. The van der Waals surface area contributed by atoms with Crippen molar-refractivity contribution < 1.29 is 9.53 Å². The summed E-state index contributed by atoms with van der Waals surface area (Å²) in [6.45, 7) is 13.3. The highest BCUT2D eigenvalue weighted by atomic mass is 16.5. The van der Waals surface area contributed by atoms with Crippen molar-refractivity contribution in [1.29, 1.82) is 0 Å². The molecule has 0 aromatic heterocycles. The number of nitrogens with zero attached hydrogens (tertiary/aromatic N) is 1. The van der Waals surface area contributed by atoms with E-state index in [0.29, 0.717) is 6.61 Å². The standard InChI is InChI=1S/C19H31NO2/c1-8-19(5,6)17(21)20(7)15-10-9-11-16(14-15)22-13-12-18(2,3)4/h9-11,14H,8,12-13H2,1-7H3. The van der Waals surface area contributed by atoms with Crippen LogP contribution >= 0.6 is 0 Å². The average Bonchev–Trinajstić information content (AvgIpc) is 2.44. The first kappa shape index (κ1) is 18.5. The Labute approximate surface area is 135 Å². The van der Waals surface area contributed by atoms with Gasteiger partial charge in [0.15, 0.2) is 0 Å². The van der Waals surface area contributed by atoms with Crippen molar-refractivity contribution >= 4 is 11.6 Å². The number of amides is 1. The van der Waals surface area contributed by atoms with Gasteiger partial charge in [0.2, 0.25) is 5.91 Å². The molecule has 0 fully saturated rings. The van der Waals surface area contributed by atoms with Gasteiger partial charge in [-0.25, -0.2) is 0 Å². The van der Waals surface area contributed by atoms with E-state index in [0.717, 1.165) is 24.3 Å². The van der Waals surface area contributed by atoms with Crippen LogP contribution < -0.4 is 9.64 Å². The van der Waals surface area contributed by atoms with E-state index in [-0.39, 0.29) is 16.7 Å². The molecule has 1 amide bonds. The second kappa shape index (κ2) is 7.17. The molecule has 0 spiro atoms. The number of hydrogen-bond donors (Lipinski definition) is 0. The molecule has 22 heavy (non-hydrogen) atoms. The van der Waals surface area contributed by atoms with Crippen LogP contribution in [0, 0.1) is 10.8 Å². The highest BCUT2D eigenvalue weighted by molar-refractivity contribution is 5.96. The third-order valence-electron chi connectivity index (χ3n) is 4.09. The van der Waals surface area contributed by atoms with Crippen molar-refractivity contribution in [2.24, 2.45) is 10.8 Å². The van der Waals surface area contributed by atoms with Crippen molar-refractivity contribution in [3.8, 4) is 5.75 Å². The first-order chi connectivity index (χ1) is 10.1. The maximum atomic E-state index is 12.5. The van der Waals surface area contributed by atoms with E-state index >= 15 is 0 Å².